The predicted octanol–water partition coefficient (Wildman–Crippen LogP) is 1.92. The Hall–Kier alpha value is -1.69. The van der Waals surface area contributed by atoms with Crippen molar-refractivity contribution in [1.29, 1.82) is 0 Å². The van der Waals surface area contributed by atoms with Crippen LogP contribution in [0.5, 0.6) is 0 Å². The first-order valence-electron chi connectivity index (χ1n) is 5.65. The van der Waals surface area contributed by atoms with Gasteiger partial charge in [-0.3, -0.25) is 10.1 Å². The zero-order chi connectivity index (χ0) is 12.9. The first kappa shape index (κ1) is 13.4. The number of rotatable bonds is 6. The van der Waals surface area contributed by atoms with Gasteiger partial charge in [-0.2, -0.15) is 0 Å². The third-order valence-corrected chi connectivity index (χ3v) is 3.09. The Morgan fingerprint density at radius 2 is 2.18 bits per heavy atom. The summed E-state index contributed by atoms with van der Waals surface area (Å²) in [5.41, 5.74) is 5.53. The minimum atomic E-state index is -0.436. The number of hydrogen-bond acceptors (Lipinski definition) is 5. The molecule has 0 atom stereocenters. The molecule has 1 aromatic heterocycles. The normalized spacial score (nSPS) is 11.2. The number of aromatic nitrogens is 1. The molecule has 17 heavy (non-hydrogen) atoms. The molecule has 0 radical (unpaired) electrons. The highest BCUT2D eigenvalue weighted by Crippen LogP contribution is 2.22. The van der Waals surface area contributed by atoms with Gasteiger partial charge in [0, 0.05) is 18.8 Å². The van der Waals surface area contributed by atoms with Crippen LogP contribution in [-0.2, 0) is 0 Å². The van der Waals surface area contributed by atoms with Gasteiger partial charge in [0.1, 0.15) is 5.82 Å². The van der Waals surface area contributed by atoms with Crippen LogP contribution in [0, 0.1) is 10.1 Å². The summed E-state index contributed by atoms with van der Waals surface area (Å²) in [6.45, 7) is 4.52. The zero-order valence-corrected chi connectivity index (χ0v) is 10.1. The van der Waals surface area contributed by atoms with Gasteiger partial charge in [-0.1, -0.05) is 13.8 Å². The van der Waals surface area contributed by atoms with Crippen LogP contribution < -0.4 is 11.1 Å². The number of hydrogen-bond donors (Lipinski definition) is 2. The smallest absolute Gasteiger partial charge is 0.274 e. The third kappa shape index (κ3) is 3.13. The van der Waals surface area contributed by atoms with Gasteiger partial charge in [0.05, 0.1) is 16.5 Å². The summed E-state index contributed by atoms with van der Waals surface area (Å²) >= 11 is 0. The third-order valence-electron chi connectivity index (χ3n) is 3.09. The van der Waals surface area contributed by atoms with Gasteiger partial charge < -0.3 is 11.1 Å². The lowest BCUT2D eigenvalue weighted by Gasteiger charge is -2.31. The lowest BCUT2D eigenvalue weighted by molar-refractivity contribution is -0.384. The van der Waals surface area contributed by atoms with Crippen LogP contribution in [0.25, 0.3) is 0 Å². The zero-order valence-electron chi connectivity index (χ0n) is 10.1. The topological polar surface area (TPSA) is 94.1 Å². The van der Waals surface area contributed by atoms with Gasteiger partial charge in [0.2, 0.25) is 0 Å². The molecule has 0 spiro atoms. The molecule has 1 aromatic rings. The van der Waals surface area contributed by atoms with Crippen LogP contribution in [0.15, 0.2) is 18.3 Å². The summed E-state index contributed by atoms with van der Waals surface area (Å²) < 4.78 is 0. The first-order valence-corrected chi connectivity index (χ1v) is 5.65. The van der Waals surface area contributed by atoms with E-state index in [2.05, 4.69) is 10.3 Å². The molecule has 0 aliphatic heterocycles. The Morgan fingerprint density at radius 1 is 1.53 bits per heavy atom. The fourth-order valence-corrected chi connectivity index (χ4v) is 1.64. The molecular weight excluding hydrogens is 220 g/mol. The molecule has 0 aliphatic carbocycles. The second kappa shape index (κ2) is 5.58. The van der Waals surface area contributed by atoms with Crippen molar-refractivity contribution in [2.75, 3.05) is 11.9 Å². The van der Waals surface area contributed by atoms with Gasteiger partial charge in [0.25, 0.3) is 5.69 Å². The van der Waals surface area contributed by atoms with E-state index in [1.54, 1.807) is 0 Å². The fraction of sp³-hybridized carbons (Fsp3) is 0.545. The molecule has 6 heteroatoms. The van der Waals surface area contributed by atoms with E-state index in [1.807, 2.05) is 13.8 Å². The van der Waals surface area contributed by atoms with Gasteiger partial charge in [-0.15, -0.1) is 0 Å². The highest BCUT2D eigenvalue weighted by Gasteiger charge is 2.24. The number of nitrogens with two attached hydrogens (primary N) is 1. The molecule has 0 bridgehead atoms. The second-order valence-corrected chi connectivity index (χ2v) is 3.97. The molecule has 1 rings (SSSR count). The molecule has 0 saturated carbocycles. The molecule has 0 aromatic carbocycles. The summed E-state index contributed by atoms with van der Waals surface area (Å²) in [5, 5.41) is 13.8. The van der Waals surface area contributed by atoms with E-state index >= 15 is 0 Å². The molecule has 3 N–H and O–H groups in total. The lowest BCUT2D eigenvalue weighted by atomic mass is 9.93. The summed E-state index contributed by atoms with van der Waals surface area (Å²) in [4.78, 5) is 14.3. The van der Waals surface area contributed by atoms with Crippen LogP contribution in [0.2, 0.25) is 0 Å². The predicted molar refractivity (Wildman–Crippen MR) is 66.9 cm³/mol. The van der Waals surface area contributed by atoms with Crippen molar-refractivity contribution in [3.05, 3.63) is 28.4 Å². The number of nitrogens with one attached hydrogen (secondary N) is 1. The maximum atomic E-state index is 10.7. The van der Waals surface area contributed by atoms with Crippen LogP contribution in [-0.4, -0.2) is 22.0 Å². The fourth-order valence-electron chi connectivity index (χ4n) is 1.64. The van der Waals surface area contributed by atoms with Crippen LogP contribution in [0.1, 0.15) is 26.7 Å². The van der Waals surface area contributed by atoms with Crippen molar-refractivity contribution in [2.45, 2.75) is 32.2 Å². The average Bonchev–Trinajstić information content (AvgIpc) is 2.36. The molecule has 1 heterocycles. The quantitative estimate of drug-likeness (QED) is 0.583. The molecular formula is C11H18N4O2. The van der Waals surface area contributed by atoms with E-state index in [0.717, 1.165) is 12.8 Å². The Kier molecular flexibility index (Phi) is 4.39. The number of nitro groups is 1. The van der Waals surface area contributed by atoms with Crippen molar-refractivity contribution in [3.63, 3.8) is 0 Å². The van der Waals surface area contributed by atoms with Crippen molar-refractivity contribution >= 4 is 11.5 Å². The molecule has 0 saturated heterocycles. The van der Waals surface area contributed by atoms with Crippen molar-refractivity contribution in [3.8, 4) is 0 Å². The molecule has 6 nitrogen and oxygen atoms in total. The monoisotopic (exact) mass is 238 g/mol. The van der Waals surface area contributed by atoms with E-state index in [1.165, 1.54) is 18.3 Å². The van der Waals surface area contributed by atoms with Crippen LogP contribution >= 0.6 is 0 Å². The van der Waals surface area contributed by atoms with Gasteiger partial charge in [-0.25, -0.2) is 4.98 Å². The van der Waals surface area contributed by atoms with Crippen LogP contribution in [0.3, 0.4) is 0 Å². The standard InChI is InChI=1S/C11H18N4O2/c1-3-11(4-2,8-12)14-10-7-9(15(16)17)5-6-13-10/h5-7H,3-4,8,12H2,1-2H3,(H,13,14). The average molecular weight is 238 g/mol. The SMILES string of the molecule is CCC(CC)(CN)Nc1cc([N+](=O)[O-])ccn1. The Morgan fingerprint density at radius 3 is 2.65 bits per heavy atom. The minimum absolute atomic E-state index is 0.0284. The van der Waals surface area contributed by atoms with Gasteiger partial charge in [0.15, 0.2) is 0 Å². The van der Waals surface area contributed by atoms with Crippen molar-refractivity contribution in [1.82, 2.24) is 4.98 Å². The number of pyridine rings is 1. The summed E-state index contributed by atoms with van der Waals surface area (Å²) in [5.74, 6) is 0.494. The molecule has 94 valence electrons. The van der Waals surface area contributed by atoms with E-state index < -0.39 is 4.92 Å². The maximum Gasteiger partial charge on any atom is 0.274 e. The van der Waals surface area contributed by atoms with E-state index in [9.17, 15) is 10.1 Å². The maximum absolute atomic E-state index is 10.7. The van der Waals surface area contributed by atoms with Crippen LogP contribution in [0.4, 0.5) is 11.5 Å². The summed E-state index contributed by atoms with van der Waals surface area (Å²) in [6, 6.07) is 2.79. The number of nitrogens with zero attached hydrogens (tertiary/aromatic N) is 2. The van der Waals surface area contributed by atoms with Gasteiger partial charge in [-0.05, 0) is 12.8 Å². The number of anilines is 1. The highest BCUT2D eigenvalue weighted by molar-refractivity contribution is 5.46. The summed E-state index contributed by atoms with van der Waals surface area (Å²) in [6.07, 6.45) is 3.10. The van der Waals surface area contributed by atoms with Gasteiger partial charge >= 0.3 is 0 Å². The van der Waals surface area contributed by atoms with E-state index in [0.29, 0.717) is 12.4 Å². The Bertz CT molecular complexity index is 383. The largest absolute Gasteiger partial charge is 0.363 e. The van der Waals surface area contributed by atoms with E-state index in [-0.39, 0.29) is 11.2 Å². The van der Waals surface area contributed by atoms with Crippen molar-refractivity contribution in [2.24, 2.45) is 5.73 Å². The Labute approximate surface area is 100 Å². The second-order valence-electron chi connectivity index (χ2n) is 3.97. The molecule has 0 amide bonds. The Balaban J connectivity index is 2.93. The molecule has 0 unspecified atom stereocenters. The van der Waals surface area contributed by atoms with E-state index in [4.69, 9.17) is 5.73 Å². The minimum Gasteiger partial charge on any atom is -0.363 e. The first-order chi connectivity index (χ1) is 8.06. The lowest BCUT2D eigenvalue weighted by Crippen LogP contribution is -2.44. The summed E-state index contributed by atoms with van der Waals surface area (Å²) in [7, 11) is 0. The molecule has 0 fully saturated rings. The molecule has 0 aliphatic rings. The van der Waals surface area contributed by atoms with Crippen molar-refractivity contribution < 1.29 is 4.92 Å². The highest BCUT2D eigenvalue weighted by atomic mass is 16.6.